The lowest BCUT2D eigenvalue weighted by atomic mass is 9.58. The molecule has 0 N–H and O–H groups in total. The Labute approximate surface area is 122 Å². The zero-order valence-corrected chi connectivity index (χ0v) is 13.3. The summed E-state index contributed by atoms with van der Waals surface area (Å²) in [4.78, 5) is 12.6. The molecule has 1 heteroatoms. The van der Waals surface area contributed by atoms with Gasteiger partial charge in [-0.2, -0.15) is 0 Å². The minimum Gasteiger partial charge on any atom is -0.294 e. The molecule has 2 aliphatic rings. The molecule has 1 fully saturated rings. The van der Waals surface area contributed by atoms with Gasteiger partial charge in [0.1, 0.15) is 0 Å². The van der Waals surface area contributed by atoms with Gasteiger partial charge in [0.2, 0.25) is 0 Å². The number of fused-ring (bicyclic) bond motifs is 3. The van der Waals surface area contributed by atoms with Gasteiger partial charge in [0.05, 0.1) is 0 Å². The topological polar surface area (TPSA) is 17.1 Å². The highest BCUT2D eigenvalue weighted by molar-refractivity contribution is 5.99. The molecule has 0 spiro atoms. The van der Waals surface area contributed by atoms with Gasteiger partial charge in [-0.15, -0.1) is 0 Å². The molecule has 0 unspecified atom stereocenters. The van der Waals surface area contributed by atoms with Crippen molar-refractivity contribution < 1.29 is 4.79 Å². The molecular formula is C19H26O. The average Bonchev–Trinajstić information content (AvgIpc) is 2.36. The first-order chi connectivity index (χ1) is 9.31. The molecule has 1 saturated carbocycles. The van der Waals surface area contributed by atoms with Crippen molar-refractivity contribution in [3.8, 4) is 0 Å². The van der Waals surface area contributed by atoms with Crippen LogP contribution in [0, 0.1) is 5.41 Å². The minimum absolute atomic E-state index is 0.114. The zero-order valence-electron chi connectivity index (χ0n) is 13.3. The Bertz CT molecular complexity index is 549. The van der Waals surface area contributed by atoms with Crippen LogP contribution >= 0.6 is 0 Å². The second kappa shape index (κ2) is 4.44. The molecule has 0 heterocycles. The number of ketones is 1. The summed E-state index contributed by atoms with van der Waals surface area (Å²) in [5, 5.41) is 0. The first-order valence-electron chi connectivity index (χ1n) is 7.99. The van der Waals surface area contributed by atoms with E-state index >= 15 is 0 Å². The van der Waals surface area contributed by atoms with Crippen LogP contribution < -0.4 is 0 Å². The standard InChI is InChI=1S/C19H26O/c1-18(2,3)13-8-9-14-15(11-13)17(20)12-19(4)10-6-5-7-16(14)19/h8-9,11,16H,5-7,10,12H2,1-4H3/t16-,19+/m0/s1. The van der Waals surface area contributed by atoms with E-state index in [-0.39, 0.29) is 10.8 Å². The minimum atomic E-state index is 0.114. The Kier molecular flexibility index (Phi) is 3.08. The molecule has 1 aromatic rings. The predicted octanol–water partition coefficient (Wildman–Crippen LogP) is 5.23. The third kappa shape index (κ3) is 2.12. The zero-order chi connectivity index (χ0) is 14.5. The molecule has 0 aliphatic heterocycles. The second-order valence-corrected chi connectivity index (χ2v) is 8.10. The number of carbonyl (C=O) groups is 1. The Hall–Kier alpha value is -1.11. The summed E-state index contributed by atoms with van der Waals surface area (Å²) in [5.74, 6) is 0.963. The summed E-state index contributed by atoms with van der Waals surface area (Å²) >= 11 is 0. The largest absolute Gasteiger partial charge is 0.294 e. The van der Waals surface area contributed by atoms with Gasteiger partial charge < -0.3 is 0 Å². The van der Waals surface area contributed by atoms with Crippen molar-refractivity contribution in [3.05, 3.63) is 34.9 Å². The van der Waals surface area contributed by atoms with E-state index in [0.29, 0.717) is 11.7 Å². The Morgan fingerprint density at radius 1 is 1.20 bits per heavy atom. The molecule has 1 aromatic carbocycles. The fraction of sp³-hybridized carbons (Fsp3) is 0.632. The number of Topliss-reactive ketones (excluding diaryl/α,β-unsaturated/α-hetero) is 1. The van der Waals surface area contributed by atoms with Gasteiger partial charge in [-0.1, -0.05) is 52.7 Å². The SMILES string of the molecule is CC(C)(C)c1ccc2c(c1)C(=O)C[C@@]1(C)CCCC[C@@H]21. The van der Waals surface area contributed by atoms with Crippen molar-refractivity contribution in [2.75, 3.05) is 0 Å². The molecule has 0 amide bonds. The smallest absolute Gasteiger partial charge is 0.163 e. The van der Waals surface area contributed by atoms with Crippen LogP contribution in [0.5, 0.6) is 0 Å². The normalized spacial score (nSPS) is 29.8. The Balaban J connectivity index is 2.10. The van der Waals surface area contributed by atoms with Crippen LogP contribution in [-0.2, 0) is 5.41 Å². The van der Waals surface area contributed by atoms with Crippen molar-refractivity contribution >= 4 is 5.78 Å². The number of hydrogen-bond acceptors (Lipinski definition) is 1. The maximum absolute atomic E-state index is 12.6. The van der Waals surface area contributed by atoms with Gasteiger partial charge in [0, 0.05) is 12.0 Å². The summed E-state index contributed by atoms with van der Waals surface area (Å²) in [6.45, 7) is 8.97. The molecule has 0 aromatic heterocycles. The van der Waals surface area contributed by atoms with Gasteiger partial charge in [-0.05, 0) is 46.8 Å². The van der Waals surface area contributed by atoms with Gasteiger partial charge in [-0.3, -0.25) is 4.79 Å². The molecule has 3 rings (SSSR count). The Morgan fingerprint density at radius 3 is 2.65 bits per heavy atom. The lowest BCUT2D eigenvalue weighted by molar-refractivity contribution is 0.0797. The van der Waals surface area contributed by atoms with E-state index in [0.717, 1.165) is 12.0 Å². The summed E-state index contributed by atoms with van der Waals surface area (Å²) < 4.78 is 0. The average molecular weight is 270 g/mol. The maximum Gasteiger partial charge on any atom is 0.163 e. The highest BCUT2D eigenvalue weighted by Crippen LogP contribution is 2.53. The van der Waals surface area contributed by atoms with Gasteiger partial charge >= 0.3 is 0 Å². The van der Waals surface area contributed by atoms with Crippen molar-refractivity contribution in [3.63, 3.8) is 0 Å². The van der Waals surface area contributed by atoms with Crippen LogP contribution in [0.15, 0.2) is 18.2 Å². The molecule has 1 nitrogen and oxygen atoms in total. The van der Waals surface area contributed by atoms with E-state index in [4.69, 9.17) is 0 Å². The third-order valence-corrected chi connectivity index (χ3v) is 5.49. The molecule has 0 saturated heterocycles. The second-order valence-electron chi connectivity index (χ2n) is 8.10. The molecule has 0 bridgehead atoms. The van der Waals surface area contributed by atoms with Crippen molar-refractivity contribution in [1.82, 2.24) is 0 Å². The van der Waals surface area contributed by atoms with E-state index in [1.807, 2.05) is 0 Å². The fourth-order valence-electron chi connectivity index (χ4n) is 4.17. The molecule has 20 heavy (non-hydrogen) atoms. The van der Waals surface area contributed by atoms with Crippen molar-refractivity contribution in [1.29, 1.82) is 0 Å². The predicted molar refractivity (Wildman–Crippen MR) is 83.4 cm³/mol. The molecule has 2 aliphatic carbocycles. The van der Waals surface area contributed by atoms with Gasteiger partial charge in [-0.25, -0.2) is 0 Å². The van der Waals surface area contributed by atoms with E-state index in [1.165, 1.54) is 36.8 Å². The summed E-state index contributed by atoms with van der Waals surface area (Å²) in [7, 11) is 0. The summed E-state index contributed by atoms with van der Waals surface area (Å²) in [6, 6.07) is 6.67. The lowest BCUT2D eigenvalue weighted by Gasteiger charge is -2.45. The number of benzene rings is 1. The number of hydrogen-bond donors (Lipinski definition) is 0. The van der Waals surface area contributed by atoms with E-state index in [9.17, 15) is 4.79 Å². The molecule has 108 valence electrons. The van der Waals surface area contributed by atoms with Crippen molar-refractivity contribution in [2.24, 2.45) is 5.41 Å². The van der Waals surface area contributed by atoms with Crippen LogP contribution in [0.2, 0.25) is 0 Å². The van der Waals surface area contributed by atoms with Gasteiger partial charge in [0.15, 0.2) is 5.78 Å². The van der Waals surface area contributed by atoms with Crippen LogP contribution in [-0.4, -0.2) is 5.78 Å². The van der Waals surface area contributed by atoms with E-state index in [2.05, 4.69) is 45.9 Å². The first kappa shape index (κ1) is 13.9. The number of carbonyl (C=O) groups excluding carboxylic acids is 1. The quantitative estimate of drug-likeness (QED) is 0.630. The third-order valence-electron chi connectivity index (χ3n) is 5.49. The van der Waals surface area contributed by atoms with E-state index in [1.54, 1.807) is 0 Å². The summed E-state index contributed by atoms with van der Waals surface area (Å²) in [5.41, 5.74) is 3.95. The van der Waals surface area contributed by atoms with Crippen LogP contribution in [0.1, 0.15) is 87.2 Å². The van der Waals surface area contributed by atoms with E-state index < -0.39 is 0 Å². The maximum atomic E-state index is 12.6. The van der Waals surface area contributed by atoms with Crippen LogP contribution in [0.4, 0.5) is 0 Å². The van der Waals surface area contributed by atoms with Gasteiger partial charge in [0.25, 0.3) is 0 Å². The summed E-state index contributed by atoms with van der Waals surface area (Å²) in [6.07, 6.45) is 5.82. The molecule has 0 radical (unpaired) electrons. The Morgan fingerprint density at radius 2 is 1.95 bits per heavy atom. The highest BCUT2D eigenvalue weighted by Gasteiger charge is 2.44. The molecular weight excluding hydrogens is 244 g/mol. The van der Waals surface area contributed by atoms with Crippen molar-refractivity contribution in [2.45, 2.75) is 71.1 Å². The monoisotopic (exact) mass is 270 g/mol. The first-order valence-corrected chi connectivity index (χ1v) is 7.99. The highest BCUT2D eigenvalue weighted by atomic mass is 16.1. The van der Waals surface area contributed by atoms with Crippen LogP contribution in [0.3, 0.4) is 0 Å². The van der Waals surface area contributed by atoms with Crippen LogP contribution in [0.25, 0.3) is 0 Å². The lowest BCUT2D eigenvalue weighted by Crippen LogP contribution is -2.37. The molecule has 2 atom stereocenters. The fourth-order valence-corrected chi connectivity index (χ4v) is 4.17. The number of rotatable bonds is 0.